The quantitative estimate of drug-likeness (QED) is 0.274. The highest BCUT2D eigenvalue weighted by molar-refractivity contribution is 5.70. The first kappa shape index (κ1) is 23.7. The minimum atomic E-state index is -0.217. The van der Waals surface area contributed by atoms with Crippen molar-refractivity contribution in [3.05, 3.63) is 84.4 Å². The fraction of sp³-hybridized carbons (Fsp3) is 0.438. The maximum Gasteiger partial charge on any atom is 0.0900 e. The predicted molar refractivity (Wildman–Crippen MR) is 140 cm³/mol. The lowest BCUT2D eigenvalue weighted by molar-refractivity contribution is 0.174. The molecule has 1 saturated carbocycles. The summed E-state index contributed by atoms with van der Waals surface area (Å²) >= 11 is 0. The van der Waals surface area contributed by atoms with Crippen LogP contribution in [-0.4, -0.2) is 6.67 Å². The van der Waals surface area contributed by atoms with Crippen LogP contribution in [0.25, 0.3) is 22.3 Å². The van der Waals surface area contributed by atoms with Gasteiger partial charge in [-0.15, -0.1) is 0 Å². The standard InChI is InChI=1S/C32H39F/c1-2-3-5-12-29-13-8-9-14-31(29)32(23-24-33)30-21-19-28(20-22-30)27-17-15-26(16-18-27)25-10-6-4-7-11-25/h4,6-7,10-11,15-22,29,31-32H,2-3,5,8-9,12-14,23-24H2,1H3. The Morgan fingerprint density at radius 2 is 1.30 bits per heavy atom. The van der Waals surface area contributed by atoms with Gasteiger partial charge in [0.2, 0.25) is 0 Å². The van der Waals surface area contributed by atoms with Gasteiger partial charge in [0, 0.05) is 0 Å². The largest absolute Gasteiger partial charge is 0.251 e. The van der Waals surface area contributed by atoms with Gasteiger partial charge >= 0.3 is 0 Å². The molecule has 174 valence electrons. The van der Waals surface area contributed by atoms with Crippen molar-refractivity contribution in [1.29, 1.82) is 0 Å². The fourth-order valence-corrected chi connectivity index (χ4v) is 5.93. The maximum atomic E-state index is 13.6. The molecule has 0 N–H and O–H groups in total. The summed E-state index contributed by atoms with van der Waals surface area (Å²) in [5.74, 6) is 1.77. The van der Waals surface area contributed by atoms with Gasteiger partial charge in [0.1, 0.15) is 0 Å². The van der Waals surface area contributed by atoms with Gasteiger partial charge in [0.15, 0.2) is 0 Å². The molecule has 3 unspecified atom stereocenters. The number of hydrogen-bond donors (Lipinski definition) is 0. The molecule has 1 aliphatic carbocycles. The Morgan fingerprint density at radius 3 is 1.91 bits per heavy atom. The molecule has 1 heteroatoms. The molecule has 1 fully saturated rings. The molecule has 0 aromatic heterocycles. The molecule has 0 nitrogen and oxygen atoms in total. The Labute approximate surface area is 200 Å². The van der Waals surface area contributed by atoms with E-state index < -0.39 is 0 Å². The minimum absolute atomic E-state index is 0.217. The summed E-state index contributed by atoms with van der Waals surface area (Å²) in [4.78, 5) is 0. The van der Waals surface area contributed by atoms with Crippen molar-refractivity contribution in [2.45, 2.75) is 70.6 Å². The normalized spacial score (nSPS) is 19.3. The van der Waals surface area contributed by atoms with E-state index in [1.54, 1.807) is 0 Å². The summed E-state index contributed by atoms with van der Waals surface area (Å²) in [6, 6.07) is 28.4. The highest BCUT2D eigenvalue weighted by atomic mass is 19.1. The molecule has 3 aromatic carbocycles. The first-order valence-corrected chi connectivity index (χ1v) is 13.1. The first-order valence-electron chi connectivity index (χ1n) is 13.1. The summed E-state index contributed by atoms with van der Waals surface area (Å²) in [5, 5.41) is 0. The predicted octanol–water partition coefficient (Wildman–Crippen LogP) is 9.85. The Bertz CT molecular complexity index is 942. The van der Waals surface area contributed by atoms with Crippen LogP contribution in [0.2, 0.25) is 0 Å². The van der Waals surface area contributed by atoms with Gasteiger partial charge in [-0.25, -0.2) is 0 Å². The molecule has 0 saturated heterocycles. The van der Waals surface area contributed by atoms with Gasteiger partial charge < -0.3 is 0 Å². The minimum Gasteiger partial charge on any atom is -0.251 e. The molecular weight excluding hydrogens is 403 g/mol. The summed E-state index contributed by atoms with van der Waals surface area (Å²) in [7, 11) is 0. The first-order chi connectivity index (χ1) is 16.3. The van der Waals surface area contributed by atoms with Crippen molar-refractivity contribution >= 4 is 0 Å². The average Bonchev–Trinajstić information content (AvgIpc) is 2.89. The zero-order chi connectivity index (χ0) is 22.9. The molecule has 33 heavy (non-hydrogen) atoms. The molecule has 3 aromatic rings. The Hall–Kier alpha value is -2.41. The third kappa shape index (κ3) is 6.14. The van der Waals surface area contributed by atoms with E-state index in [2.05, 4.69) is 85.8 Å². The Balaban J connectivity index is 1.50. The number of benzene rings is 3. The fourth-order valence-electron chi connectivity index (χ4n) is 5.93. The van der Waals surface area contributed by atoms with E-state index in [4.69, 9.17) is 0 Å². The highest BCUT2D eigenvalue weighted by Gasteiger charge is 2.32. The molecule has 3 atom stereocenters. The summed E-state index contributed by atoms with van der Waals surface area (Å²) in [6.07, 6.45) is 11.2. The van der Waals surface area contributed by atoms with Crippen molar-refractivity contribution in [2.75, 3.05) is 6.67 Å². The van der Waals surface area contributed by atoms with Crippen LogP contribution in [0.4, 0.5) is 4.39 Å². The van der Waals surface area contributed by atoms with Gasteiger partial charge in [-0.2, -0.15) is 0 Å². The van der Waals surface area contributed by atoms with Crippen LogP contribution in [0.3, 0.4) is 0 Å². The van der Waals surface area contributed by atoms with E-state index >= 15 is 0 Å². The third-order valence-electron chi connectivity index (χ3n) is 7.75. The number of halogens is 1. The Morgan fingerprint density at radius 1 is 0.727 bits per heavy atom. The van der Waals surface area contributed by atoms with Gasteiger partial charge in [0.05, 0.1) is 6.67 Å². The van der Waals surface area contributed by atoms with Crippen LogP contribution in [-0.2, 0) is 0 Å². The lowest BCUT2D eigenvalue weighted by Gasteiger charge is -2.37. The van der Waals surface area contributed by atoms with Crippen molar-refractivity contribution in [3.8, 4) is 22.3 Å². The van der Waals surface area contributed by atoms with Crippen LogP contribution in [0, 0.1) is 11.8 Å². The summed E-state index contributed by atoms with van der Waals surface area (Å²) < 4.78 is 13.6. The van der Waals surface area contributed by atoms with Crippen LogP contribution in [0.1, 0.15) is 76.2 Å². The van der Waals surface area contributed by atoms with Crippen molar-refractivity contribution in [2.24, 2.45) is 11.8 Å². The van der Waals surface area contributed by atoms with Crippen LogP contribution < -0.4 is 0 Å². The van der Waals surface area contributed by atoms with Gasteiger partial charge in [-0.05, 0) is 58.4 Å². The van der Waals surface area contributed by atoms with E-state index in [1.165, 1.54) is 79.2 Å². The molecule has 0 amide bonds. The lowest BCUT2D eigenvalue weighted by atomic mass is 9.68. The number of rotatable bonds is 10. The number of alkyl halides is 1. The smallest absolute Gasteiger partial charge is 0.0900 e. The van der Waals surface area contributed by atoms with E-state index in [0.717, 1.165) is 5.92 Å². The second-order valence-corrected chi connectivity index (χ2v) is 9.85. The maximum absolute atomic E-state index is 13.6. The molecule has 0 radical (unpaired) electrons. The molecule has 1 aliphatic rings. The molecular formula is C32H39F. The topological polar surface area (TPSA) is 0 Å². The van der Waals surface area contributed by atoms with Gasteiger partial charge in [-0.3, -0.25) is 4.39 Å². The lowest BCUT2D eigenvalue weighted by Crippen LogP contribution is -2.26. The second-order valence-electron chi connectivity index (χ2n) is 9.85. The number of unbranched alkanes of at least 4 members (excludes halogenated alkanes) is 2. The second kappa shape index (κ2) is 12.2. The molecule has 0 heterocycles. The van der Waals surface area contributed by atoms with Crippen LogP contribution in [0.5, 0.6) is 0 Å². The highest BCUT2D eigenvalue weighted by Crippen LogP contribution is 2.44. The Kier molecular flexibility index (Phi) is 8.75. The van der Waals surface area contributed by atoms with Gasteiger partial charge in [0.25, 0.3) is 0 Å². The number of hydrogen-bond acceptors (Lipinski definition) is 0. The van der Waals surface area contributed by atoms with Crippen molar-refractivity contribution < 1.29 is 4.39 Å². The summed E-state index contributed by atoms with van der Waals surface area (Å²) in [6.45, 7) is 2.06. The zero-order valence-corrected chi connectivity index (χ0v) is 20.2. The average molecular weight is 443 g/mol. The van der Waals surface area contributed by atoms with Crippen molar-refractivity contribution in [1.82, 2.24) is 0 Å². The molecule has 0 spiro atoms. The molecule has 0 aliphatic heterocycles. The van der Waals surface area contributed by atoms with Crippen molar-refractivity contribution in [3.63, 3.8) is 0 Å². The third-order valence-corrected chi connectivity index (χ3v) is 7.75. The zero-order valence-electron chi connectivity index (χ0n) is 20.2. The van der Waals surface area contributed by atoms with Crippen LogP contribution >= 0.6 is 0 Å². The monoisotopic (exact) mass is 442 g/mol. The van der Waals surface area contributed by atoms with Crippen LogP contribution in [0.15, 0.2) is 78.9 Å². The van der Waals surface area contributed by atoms with E-state index in [9.17, 15) is 4.39 Å². The van der Waals surface area contributed by atoms with E-state index in [-0.39, 0.29) is 6.67 Å². The van der Waals surface area contributed by atoms with E-state index in [0.29, 0.717) is 18.3 Å². The SMILES string of the molecule is CCCCCC1CCCCC1C(CCF)c1ccc(-c2ccc(-c3ccccc3)cc2)cc1. The van der Waals surface area contributed by atoms with Gasteiger partial charge in [-0.1, -0.05) is 131 Å². The van der Waals surface area contributed by atoms with E-state index in [1.807, 2.05) is 0 Å². The molecule has 0 bridgehead atoms. The summed E-state index contributed by atoms with van der Waals surface area (Å²) in [5.41, 5.74) is 6.29. The molecule has 4 rings (SSSR count).